The van der Waals surface area contributed by atoms with Crippen molar-refractivity contribution in [1.82, 2.24) is 9.88 Å². The number of likely N-dealkylation sites (N-methyl/N-ethyl adjacent to an activating group) is 1. The normalized spacial score (nSPS) is 11.2. The van der Waals surface area contributed by atoms with Gasteiger partial charge in [-0.25, -0.2) is 0 Å². The van der Waals surface area contributed by atoms with E-state index in [1.165, 1.54) is 0 Å². The Labute approximate surface area is 114 Å². The molecule has 0 bridgehead atoms. The standard InChI is InChI=1S/C14H22N2O3/c1-14(2,18)11-16(3)13(17)7-5-9-19-12-6-4-8-15-10-12/h4,6,8,10,18H,5,7,9,11H2,1-3H3. The SMILES string of the molecule is CN(CC(C)(C)O)C(=O)CCCOc1cccnc1. The molecule has 0 radical (unpaired) electrons. The molecule has 0 aromatic carbocycles. The van der Waals surface area contributed by atoms with Gasteiger partial charge in [-0.15, -0.1) is 0 Å². The molecule has 0 unspecified atom stereocenters. The first-order valence-corrected chi connectivity index (χ1v) is 6.38. The minimum Gasteiger partial charge on any atom is -0.492 e. The monoisotopic (exact) mass is 266 g/mol. The topological polar surface area (TPSA) is 62.7 Å². The van der Waals surface area contributed by atoms with Crippen LogP contribution in [0.2, 0.25) is 0 Å². The number of carbonyl (C=O) groups excluding carboxylic acids is 1. The Hall–Kier alpha value is -1.62. The zero-order chi connectivity index (χ0) is 14.3. The van der Waals surface area contributed by atoms with Gasteiger partial charge < -0.3 is 14.7 Å². The van der Waals surface area contributed by atoms with Crippen molar-refractivity contribution in [3.63, 3.8) is 0 Å². The zero-order valence-electron chi connectivity index (χ0n) is 11.8. The van der Waals surface area contributed by atoms with Crippen LogP contribution in [-0.4, -0.2) is 46.7 Å². The van der Waals surface area contributed by atoms with Gasteiger partial charge in [-0.3, -0.25) is 9.78 Å². The Morgan fingerprint density at radius 3 is 2.84 bits per heavy atom. The van der Waals surface area contributed by atoms with E-state index in [0.29, 0.717) is 31.7 Å². The second-order valence-electron chi connectivity index (χ2n) is 5.20. The number of carbonyl (C=O) groups is 1. The molecule has 0 saturated heterocycles. The summed E-state index contributed by atoms with van der Waals surface area (Å²) in [4.78, 5) is 17.3. The molecule has 0 aliphatic carbocycles. The van der Waals surface area contributed by atoms with Crippen molar-refractivity contribution in [3.05, 3.63) is 24.5 Å². The average molecular weight is 266 g/mol. The molecule has 0 aliphatic heterocycles. The van der Waals surface area contributed by atoms with Crippen LogP contribution < -0.4 is 4.74 Å². The number of amides is 1. The molecule has 1 aromatic rings. The first-order chi connectivity index (χ1) is 8.88. The summed E-state index contributed by atoms with van der Waals surface area (Å²) < 4.78 is 5.45. The maximum atomic E-state index is 11.8. The summed E-state index contributed by atoms with van der Waals surface area (Å²) in [7, 11) is 1.70. The molecule has 5 heteroatoms. The van der Waals surface area contributed by atoms with E-state index in [2.05, 4.69) is 4.98 Å². The Kier molecular flexibility index (Phi) is 5.76. The third kappa shape index (κ3) is 6.76. The van der Waals surface area contributed by atoms with Crippen LogP contribution in [0.5, 0.6) is 5.75 Å². The fourth-order valence-electron chi connectivity index (χ4n) is 1.71. The maximum Gasteiger partial charge on any atom is 0.222 e. The number of hydrogen-bond donors (Lipinski definition) is 1. The van der Waals surface area contributed by atoms with Crippen molar-refractivity contribution in [2.45, 2.75) is 32.3 Å². The van der Waals surface area contributed by atoms with Crippen LogP contribution in [0.15, 0.2) is 24.5 Å². The molecule has 0 saturated carbocycles. The third-order valence-electron chi connectivity index (χ3n) is 2.49. The van der Waals surface area contributed by atoms with Crippen LogP contribution in [0.3, 0.4) is 0 Å². The summed E-state index contributed by atoms with van der Waals surface area (Å²) in [6, 6.07) is 3.63. The lowest BCUT2D eigenvalue weighted by Crippen LogP contribution is -2.39. The van der Waals surface area contributed by atoms with Gasteiger partial charge in [-0.2, -0.15) is 0 Å². The van der Waals surface area contributed by atoms with E-state index >= 15 is 0 Å². The van der Waals surface area contributed by atoms with Gasteiger partial charge in [0.2, 0.25) is 5.91 Å². The summed E-state index contributed by atoms with van der Waals surface area (Å²) >= 11 is 0. The van der Waals surface area contributed by atoms with Gasteiger partial charge in [0, 0.05) is 26.2 Å². The Bertz CT molecular complexity index is 387. The lowest BCUT2D eigenvalue weighted by Gasteiger charge is -2.25. The van der Waals surface area contributed by atoms with E-state index in [0.717, 1.165) is 0 Å². The molecule has 0 fully saturated rings. The quantitative estimate of drug-likeness (QED) is 0.759. The van der Waals surface area contributed by atoms with E-state index in [4.69, 9.17) is 4.74 Å². The second kappa shape index (κ2) is 7.09. The number of ether oxygens (including phenoxy) is 1. The van der Waals surface area contributed by atoms with Gasteiger partial charge in [0.05, 0.1) is 18.4 Å². The molecule has 1 heterocycles. The molecule has 106 valence electrons. The molecule has 0 spiro atoms. The zero-order valence-corrected chi connectivity index (χ0v) is 11.8. The summed E-state index contributed by atoms with van der Waals surface area (Å²) in [5, 5.41) is 9.63. The fraction of sp³-hybridized carbons (Fsp3) is 0.571. The second-order valence-corrected chi connectivity index (χ2v) is 5.20. The minimum atomic E-state index is -0.864. The van der Waals surface area contributed by atoms with Crippen LogP contribution in [0.1, 0.15) is 26.7 Å². The van der Waals surface area contributed by atoms with Crippen LogP contribution in [-0.2, 0) is 4.79 Å². The molecule has 1 rings (SSSR count). The van der Waals surface area contributed by atoms with Crippen LogP contribution in [0, 0.1) is 0 Å². The fourth-order valence-corrected chi connectivity index (χ4v) is 1.71. The van der Waals surface area contributed by atoms with Crippen molar-refractivity contribution in [3.8, 4) is 5.75 Å². The van der Waals surface area contributed by atoms with Crippen molar-refractivity contribution in [2.24, 2.45) is 0 Å². The largest absolute Gasteiger partial charge is 0.492 e. The smallest absolute Gasteiger partial charge is 0.222 e. The van der Waals surface area contributed by atoms with Crippen molar-refractivity contribution in [2.75, 3.05) is 20.2 Å². The summed E-state index contributed by atoms with van der Waals surface area (Å²) in [6.45, 7) is 4.17. The highest BCUT2D eigenvalue weighted by atomic mass is 16.5. The van der Waals surface area contributed by atoms with Gasteiger partial charge in [0.15, 0.2) is 0 Å². The molecule has 1 amide bonds. The van der Waals surface area contributed by atoms with Gasteiger partial charge in [0.1, 0.15) is 5.75 Å². The van der Waals surface area contributed by atoms with Crippen molar-refractivity contribution >= 4 is 5.91 Å². The molecule has 1 aromatic heterocycles. The number of nitrogens with zero attached hydrogens (tertiary/aromatic N) is 2. The first-order valence-electron chi connectivity index (χ1n) is 6.38. The number of rotatable bonds is 7. The highest BCUT2D eigenvalue weighted by Gasteiger charge is 2.18. The Balaban J connectivity index is 2.20. The molecule has 0 aliphatic rings. The van der Waals surface area contributed by atoms with Gasteiger partial charge in [0.25, 0.3) is 0 Å². The molecule has 0 atom stereocenters. The first kappa shape index (κ1) is 15.4. The summed E-state index contributed by atoms with van der Waals surface area (Å²) in [5.41, 5.74) is -0.864. The lowest BCUT2D eigenvalue weighted by atomic mass is 10.1. The predicted molar refractivity (Wildman–Crippen MR) is 72.9 cm³/mol. The number of pyridine rings is 1. The number of aromatic nitrogens is 1. The highest BCUT2D eigenvalue weighted by molar-refractivity contribution is 5.75. The summed E-state index contributed by atoms with van der Waals surface area (Å²) in [6.07, 6.45) is 4.38. The van der Waals surface area contributed by atoms with Crippen LogP contribution in [0.25, 0.3) is 0 Å². The highest BCUT2D eigenvalue weighted by Crippen LogP contribution is 2.08. The molecular weight excluding hydrogens is 244 g/mol. The van der Waals surface area contributed by atoms with E-state index in [9.17, 15) is 9.90 Å². The predicted octanol–water partition coefficient (Wildman–Crippen LogP) is 1.47. The maximum absolute atomic E-state index is 11.8. The van der Waals surface area contributed by atoms with Crippen LogP contribution >= 0.6 is 0 Å². The number of hydrogen-bond acceptors (Lipinski definition) is 4. The minimum absolute atomic E-state index is 0.0110. The molecule has 19 heavy (non-hydrogen) atoms. The van der Waals surface area contributed by atoms with E-state index in [-0.39, 0.29) is 5.91 Å². The summed E-state index contributed by atoms with van der Waals surface area (Å²) in [5.74, 6) is 0.719. The number of aliphatic hydroxyl groups is 1. The van der Waals surface area contributed by atoms with Gasteiger partial charge in [-0.1, -0.05) is 0 Å². The van der Waals surface area contributed by atoms with Gasteiger partial charge in [-0.05, 0) is 32.4 Å². The van der Waals surface area contributed by atoms with Crippen molar-refractivity contribution < 1.29 is 14.6 Å². The third-order valence-corrected chi connectivity index (χ3v) is 2.49. The molecule has 5 nitrogen and oxygen atoms in total. The average Bonchev–Trinajstić information content (AvgIpc) is 2.33. The van der Waals surface area contributed by atoms with E-state index in [1.54, 1.807) is 44.3 Å². The van der Waals surface area contributed by atoms with Crippen LogP contribution in [0.4, 0.5) is 0 Å². The van der Waals surface area contributed by atoms with E-state index in [1.807, 2.05) is 6.07 Å². The molecular formula is C14H22N2O3. The van der Waals surface area contributed by atoms with Gasteiger partial charge >= 0.3 is 0 Å². The Morgan fingerprint density at radius 2 is 2.26 bits per heavy atom. The molecule has 1 N–H and O–H groups in total. The van der Waals surface area contributed by atoms with Crippen molar-refractivity contribution in [1.29, 1.82) is 0 Å². The van der Waals surface area contributed by atoms with E-state index < -0.39 is 5.60 Å². The Morgan fingerprint density at radius 1 is 1.53 bits per heavy atom. The lowest BCUT2D eigenvalue weighted by molar-refractivity contribution is -0.132.